The fraction of sp³-hybridized carbons (Fsp3) is 0.500. The van der Waals surface area contributed by atoms with Gasteiger partial charge in [-0.15, -0.1) is 0 Å². The predicted octanol–water partition coefficient (Wildman–Crippen LogP) is 2.86. The van der Waals surface area contributed by atoms with Crippen molar-refractivity contribution < 1.29 is 5.11 Å². The molecule has 1 heterocycles. The molecule has 0 bridgehead atoms. The SMILES string of the molecule is CCC(C)(CO)CNc1cccc2c1N=[Se]=N2. The maximum absolute atomic E-state index is 9.38. The zero-order valence-electron chi connectivity index (χ0n) is 10.1. The van der Waals surface area contributed by atoms with E-state index in [0.717, 1.165) is 30.0 Å². The molecule has 1 atom stereocenters. The molecule has 0 amide bonds. The summed E-state index contributed by atoms with van der Waals surface area (Å²) in [5.41, 5.74) is 2.91. The molecule has 0 saturated carbocycles. The van der Waals surface area contributed by atoms with Crippen LogP contribution in [-0.2, 0) is 0 Å². The van der Waals surface area contributed by atoms with Crippen molar-refractivity contribution in [2.45, 2.75) is 20.3 Å². The van der Waals surface area contributed by atoms with E-state index in [1.54, 1.807) is 0 Å². The van der Waals surface area contributed by atoms with Gasteiger partial charge in [0.2, 0.25) is 0 Å². The van der Waals surface area contributed by atoms with E-state index < -0.39 is 0 Å². The summed E-state index contributed by atoms with van der Waals surface area (Å²) in [6.45, 7) is 5.11. The van der Waals surface area contributed by atoms with Gasteiger partial charge in [-0.25, -0.2) is 0 Å². The number of benzene rings is 1. The Labute approximate surface area is 107 Å². The molecule has 0 saturated heterocycles. The third kappa shape index (κ3) is 2.68. The zero-order chi connectivity index (χ0) is 12.3. The molecule has 1 unspecified atom stereocenters. The van der Waals surface area contributed by atoms with Crippen LogP contribution in [0.25, 0.3) is 0 Å². The van der Waals surface area contributed by atoms with Crippen LogP contribution in [0.4, 0.5) is 17.1 Å². The minimum absolute atomic E-state index is 0.00511. The number of anilines is 1. The molecule has 92 valence electrons. The second-order valence-corrected chi connectivity index (χ2v) is 5.72. The van der Waals surface area contributed by atoms with Gasteiger partial charge in [-0.1, -0.05) is 0 Å². The van der Waals surface area contributed by atoms with Gasteiger partial charge in [-0.05, 0) is 0 Å². The van der Waals surface area contributed by atoms with Crippen molar-refractivity contribution in [3.05, 3.63) is 18.2 Å². The number of rotatable bonds is 5. The summed E-state index contributed by atoms with van der Waals surface area (Å²) in [5.74, 6) is 0. The van der Waals surface area contributed by atoms with Gasteiger partial charge in [-0.3, -0.25) is 0 Å². The molecular formula is C12H17N3OSe. The Kier molecular flexibility index (Phi) is 3.82. The Morgan fingerprint density at radius 1 is 1.41 bits per heavy atom. The van der Waals surface area contributed by atoms with Crippen LogP contribution in [0.3, 0.4) is 0 Å². The molecule has 2 N–H and O–H groups in total. The molecule has 0 fully saturated rings. The summed E-state index contributed by atoms with van der Waals surface area (Å²) in [7, 11) is 0. The van der Waals surface area contributed by atoms with Crippen LogP contribution in [0.15, 0.2) is 26.1 Å². The first-order valence-corrected chi connectivity index (χ1v) is 7.28. The Morgan fingerprint density at radius 2 is 2.24 bits per heavy atom. The van der Waals surface area contributed by atoms with Crippen molar-refractivity contribution in [3.8, 4) is 0 Å². The normalized spacial score (nSPS) is 16.2. The van der Waals surface area contributed by atoms with E-state index in [1.165, 1.54) is 0 Å². The first-order chi connectivity index (χ1) is 8.18. The summed E-state index contributed by atoms with van der Waals surface area (Å²) >= 11 is 0.00511. The monoisotopic (exact) mass is 299 g/mol. The van der Waals surface area contributed by atoms with Crippen molar-refractivity contribution in [1.82, 2.24) is 0 Å². The standard InChI is InChI=1S/C12H17N3OSe/c1-3-12(2,8-16)7-13-9-5-4-6-10-11(9)15-17-14-10/h4-6,13,16H,3,7-8H2,1-2H3. The summed E-state index contributed by atoms with van der Waals surface area (Å²) in [4.78, 5) is 0. The van der Waals surface area contributed by atoms with Gasteiger partial charge in [0, 0.05) is 0 Å². The molecule has 4 nitrogen and oxygen atoms in total. The molecule has 2 rings (SSSR count). The van der Waals surface area contributed by atoms with Crippen molar-refractivity contribution >= 4 is 31.6 Å². The quantitative estimate of drug-likeness (QED) is 0.834. The van der Waals surface area contributed by atoms with E-state index in [2.05, 4.69) is 27.1 Å². The van der Waals surface area contributed by atoms with Crippen LogP contribution >= 0.6 is 0 Å². The Balaban J connectivity index is 2.11. The third-order valence-corrected chi connectivity index (χ3v) is 4.37. The predicted molar refractivity (Wildman–Crippen MR) is 70.3 cm³/mol. The Morgan fingerprint density at radius 3 is 2.94 bits per heavy atom. The van der Waals surface area contributed by atoms with Gasteiger partial charge >= 0.3 is 107 Å². The van der Waals surface area contributed by atoms with Crippen LogP contribution in [-0.4, -0.2) is 32.8 Å². The van der Waals surface area contributed by atoms with Crippen LogP contribution in [0.2, 0.25) is 0 Å². The number of aliphatic hydroxyl groups excluding tert-OH is 1. The Bertz CT molecular complexity index is 477. The van der Waals surface area contributed by atoms with E-state index in [4.69, 9.17) is 0 Å². The average molecular weight is 298 g/mol. The number of fused-ring (bicyclic) bond motifs is 1. The van der Waals surface area contributed by atoms with Crippen molar-refractivity contribution in [3.63, 3.8) is 0 Å². The molecule has 5 heteroatoms. The third-order valence-electron chi connectivity index (χ3n) is 3.23. The van der Waals surface area contributed by atoms with Crippen molar-refractivity contribution in [2.75, 3.05) is 18.5 Å². The second-order valence-electron chi connectivity index (χ2n) is 4.61. The number of nitrogens with one attached hydrogen (secondary N) is 1. The van der Waals surface area contributed by atoms with Crippen LogP contribution in [0.1, 0.15) is 20.3 Å². The molecular weight excluding hydrogens is 281 g/mol. The van der Waals surface area contributed by atoms with Crippen LogP contribution in [0, 0.1) is 5.41 Å². The minimum atomic E-state index is -0.0797. The molecule has 1 aliphatic rings. The van der Waals surface area contributed by atoms with Crippen molar-refractivity contribution in [1.29, 1.82) is 0 Å². The summed E-state index contributed by atoms with van der Waals surface area (Å²) in [6, 6.07) is 6.00. The Hall–Kier alpha value is -0.901. The number of hydrogen-bond donors (Lipinski definition) is 2. The maximum atomic E-state index is 9.38. The van der Waals surface area contributed by atoms with E-state index in [0.29, 0.717) is 0 Å². The van der Waals surface area contributed by atoms with Gasteiger partial charge < -0.3 is 0 Å². The van der Waals surface area contributed by atoms with Gasteiger partial charge in [0.15, 0.2) is 0 Å². The molecule has 0 aliphatic carbocycles. The molecule has 0 spiro atoms. The summed E-state index contributed by atoms with van der Waals surface area (Å²) < 4.78 is 8.77. The van der Waals surface area contributed by atoms with Crippen LogP contribution in [0.5, 0.6) is 0 Å². The van der Waals surface area contributed by atoms with Gasteiger partial charge in [0.05, 0.1) is 0 Å². The topological polar surface area (TPSA) is 57.0 Å². The molecule has 1 aliphatic heterocycles. The fourth-order valence-corrected chi connectivity index (χ4v) is 2.70. The van der Waals surface area contributed by atoms with Crippen molar-refractivity contribution in [2.24, 2.45) is 13.3 Å². The zero-order valence-corrected chi connectivity index (χ0v) is 11.8. The van der Waals surface area contributed by atoms with Gasteiger partial charge in [0.25, 0.3) is 0 Å². The number of nitrogens with zero attached hydrogens (tertiary/aromatic N) is 2. The number of hydrogen-bond acceptors (Lipinski definition) is 4. The van der Waals surface area contributed by atoms with E-state index in [9.17, 15) is 5.11 Å². The second kappa shape index (κ2) is 5.17. The first-order valence-electron chi connectivity index (χ1n) is 5.74. The first kappa shape index (κ1) is 12.6. The number of aliphatic hydroxyl groups is 1. The molecule has 1 aromatic rings. The fourth-order valence-electron chi connectivity index (χ4n) is 1.55. The summed E-state index contributed by atoms with van der Waals surface area (Å²) in [5, 5.41) is 12.8. The van der Waals surface area contributed by atoms with E-state index >= 15 is 0 Å². The molecule has 1 aromatic carbocycles. The molecule has 0 aromatic heterocycles. The van der Waals surface area contributed by atoms with Gasteiger partial charge in [-0.2, -0.15) is 0 Å². The summed E-state index contributed by atoms with van der Waals surface area (Å²) in [6.07, 6.45) is 0.941. The molecule has 0 radical (unpaired) electrons. The van der Waals surface area contributed by atoms with E-state index in [-0.39, 0.29) is 26.6 Å². The van der Waals surface area contributed by atoms with Gasteiger partial charge in [0.1, 0.15) is 0 Å². The average Bonchev–Trinajstić information content (AvgIpc) is 2.84. The van der Waals surface area contributed by atoms with E-state index in [1.807, 2.05) is 18.2 Å². The van der Waals surface area contributed by atoms with Crippen LogP contribution < -0.4 is 5.32 Å². The molecule has 17 heavy (non-hydrogen) atoms.